The molecule has 0 amide bonds. The summed E-state index contributed by atoms with van der Waals surface area (Å²) < 4.78 is 81.5. The van der Waals surface area contributed by atoms with E-state index in [1.165, 1.54) is 29.0 Å². The monoisotopic (exact) mass is 691 g/mol. The molecule has 0 aromatic carbocycles. The van der Waals surface area contributed by atoms with Crippen molar-refractivity contribution in [3.63, 3.8) is 0 Å². The Kier molecular flexibility index (Phi) is 9.71. The van der Waals surface area contributed by atoms with Crippen molar-refractivity contribution in [1.82, 2.24) is 24.2 Å². The Balaban J connectivity index is 1.33. The van der Waals surface area contributed by atoms with Crippen LogP contribution in [0.4, 0.5) is 30.6 Å². The number of alkyl halides is 3. The van der Waals surface area contributed by atoms with Crippen LogP contribution in [0.15, 0.2) is 47.8 Å². The topological polar surface area (TPSA) is 149 Å². The summed E-state index contributed by atoms with van der Waals surface area (Å²) in [6, 6.07) is 5.29. The van der Waals surface area contributed by atoms with Crippen LogP contribution in [-0.4, -0.2) is 91.0 Å². The average molecular weight is 692 g/mol. The third kappa shape index (κ3) is 7.79. The Morgan fingerprint density at radius 3 is 2.69 bits per heavy atom. The Morgan fingerprint density at radius 1 is 1.10 bits per heavy atom. The number of carbonyl (C=O) groups excluding carboxylic acids is 1. The number of halogens is 3. The summed E-state index contributed by atoms with van der Waals surface area (Å²) in [5.74, 6) is 0.110. The highest BCUT2D eigenvalue weighted by Crippen LogP contribution is 2.47. The van der Waals surface area contributed by atoms with Crippen molar-refractivity contribution in [3.8, 4) is 17.1 Å². The van der Waals surface area contributed by atoms with Crippen molar-refractivity contribution in [2.75, 3.05) is 56.2 Å². The second-order valence-corrected chi connectivity index (χ2v) is 14.1. The molecule has 13 nitrogen and oxygen atoms in total. The maximum atomic E-state index is 13.4. The molecule has 1 saturated carbocycles. The molecule has 2 unspecified atom stereocenters. The molecule has 0 bridgehead atoms. The lowest BCUT2D eigenvalue weighted by Gasteiger charge is -2.37. The van der Waals surface area contributed by atoms with Gasteiger partial charge in [-0.2, -0.15) is 4.31 Å². The van der Waals surface area contributed by atoms with E-state index in [4.69, 9.17) is 14.5 Å². The number of esters is 1. The number of hydrogen-bond acceptors (Lipinski definition) is 12. The molecule has 1 N–H and O–H groups in total. The van der Waals surface area contributed by atoms with Gasteiger partial charge in [0.15, 0.2) is 5.82 Å². The highest BCUT2D eigenvalue weighted by Gasteiger charge is 2.44. The first-order chi connectivity index (χ1) is 22.9. The van der Waals surface area contributed by atoms with Crippen LogP contribution in [0, 0.1) is 11.3 Å². The van der Waals surface area contributed by atoms with Gasteiger partial charge in [0.25, 0.3) is 0 Å². The number of nitrogens with zero attached hydrogens (tertiary/aromatic N) is 6. The van der Waals surface area contributed by atoms with Crippen LogP contribution < -0.4 is 15.0 Å². The molecule has 3 fully saturated rings. The Hall–Kier alpha value is -4.09. The summed E-state index contributed by atoms with van der Waals surface area (Å²) in [6.45, 7) is 4.39. The molecule has 2 aliphatic heterocycles. The van der Waals surface area contributed by atoms with Gasteiger partial charge in [-0.05, 0) is 50.2 Å². The number of sulfonamides is 1. The van der Waals surface area contributed by atoms with Crippen LogP contribution in [0.3, 0.4) is 0 Å². The summed E-state index contributed by atoms with van der Waals surface area (Å²) in [5.41, 5.74) is 0.206. The highest BCUT2D eigenvalue weighted by molar-refractivity contribution is 7.89. The highest BCUT2D eigenvalue weighted by atomic mass is 32.2. The number of ether oxygens (including phenoxy) is 3. The van der Waals surface area contributed by atoms with Gasteiger partial charge >= 0.3 is 12.3 Å². The molecule has 6 rings (SSSR count). The predicted molar refractivity (Wildman–Crippen MR) is 167 cm³/mol. The van der Waals surface area contributed by atoms with E-state index in [9.17, 15) is 26.4 Å². The van der Waals surface area contributed by atoms with Gasteiger partial charge < -0.3 is 24.4 Å². The minimum absolute atomic E-state index is 0.0311. The van der Waals surface area contributed by atoms with E-state index < -0.39 is 22.1 Å². The molecule has 2 saturated heterocycles. The molecule has 0 radical (unpaired) electrons. The van der Waals surface area contributed by atoms with Crippen LogP contribution in [0.2, 0.25) is 0 Å². The quantitative estimate of drug-likeness (QED) is 0.314. The van der Waals surface area contributed by atoms with Gasteiger partial charge in [-0.25, -0.2) is 23.4 Å². The largest absolute Gasteiger partial charge is 0.573 e. The lowest BCUT2D eigenvalue weighted by atomic mass is 9.69. The molecule has 1 aliphatic carbocycles. The first kappa shape index (κ1) is 33.8. The molecule has 3 aromatic heterocycles. The maximum Gasteiger partial charge on any atom is 0.573 e. The lowest BCUT2D eigenvalue weighted by molar-refractivity contribution is -0.274. The molecule has 1 spiro atoms. The minimum atomic E-state index is -4.88. The molecular weight excluding hydrogens is 655 g/mol. The van der Waals surface area contributed by atoms with E-state index >= 15 is 0 Å². The van der Waals surface area contributed by atoms with E-state index in [2.05, 4.69) is 29.9 Å². The normalized spacial score (nSPS) is 22.1. The third-order valence-electron chi connectivity index (χ3n) is 8.83. The van der Waals surface area contributed by atoms with Gasteiger partial charge in [-0.15, -0.1) is 13.2 Å². The van der Waals surface area contributed by atoms with E-state index in [1.54, 1.807) is 13.0 Å². The zero-order valence-corrected chi connectivity index (χ0v) is 27.1. The van der Waals surface area contributed by atoms with Gasteiger partial charge in [0, 0.05) is 62.5 Å². The Morgan fingerprint density at radius 2 is 1.92 bits per heavy atom. The number of rotatable bonds is 9. The summed E-state index contributed by atoms with van der Waals surface area (Å²) >= 11 is 0. The zero-order chi connectivity index (χ0) is 33.9. The molecule has 48 heavy (non-hydrogen) atoms. The van der Waals surface area contributed by atoms with Crippen LogP contribution in [0.5, 0.6) is 5.75 Å². The maximum absolute atomic E-state index is 13.4. The van der Waals surface area contributed by atoms with Crippen molar-refractivity contribution < 1.29 is 40.6 Å². The van der Waals surface area contributed by atoms with Crippen molar-refractivity contribution in [2.45, 2.75) is 50.3 Å². The summed E-state index contributed by atoms with van der Waals surface area (Å²) in [6.07, 6.45) is 3.17. The predicted octanol–water partition coefficient (Wildman–Crippen LogP) is 4.55. The SMILES string of the molecule is CCOC(=O)C1CCCC2(CCN(c3cc(Nc4cc(OC(F)(F)F)ccn4)nc(-c4cncc(S(=O)(=O)N5CCOCC5)c4)n3)C2)C1. The van der Waals surface area contributed by atoms with Crippen LogP contribution in [-0.2, 0) is 24.3 Å². The van der Waals surface area contributed by atoms with Gasteiger partial charge in [0.05, 0.1) is 25.7 Å². The van der Waals surface area contributed by atoms with E-state index in [0.717, 1.165) is 37.8 Å². The summed E-state index contributed by atoms with van der Waals surface area (Å²) in [4.78, 5) is 32.4. The third-order valence-corrected chi connectivity index (χ3v) is 10.7. The van der Waals surface area contributed by atoms with Crippen LogP contribution in [0.25, 0.3) is 11.4 Å². The molecule has 3 aliphatic rings. The Labute approximate surface area is 275 Å². The molecular formula is C31H36F3N7O6S. The van der Waals surface area contributed by atoms with Crippen molar-refractivity contribution >= 4 is 33.4 Å². The van der Waals surface area contributed by atoms with Crippen molar-refractivity contribution in [1.29, 1.82) is 0 Å². The molecule has 258 valence electrons. The van der Waals surface area contributed by atoms with Crippen molar-refractivity contribution in [3.05, 3.63) is 42.9 Å². The van der Waals surface area contributed by atoms with Gasteiger partial charge in [-0.1, -0.05) is 6.42 Å². The Bertz CT molecular complexity index is 1740. The number of pyridine rings is 2. The number of hydrogen-bond donors (Lipinski definition) is 1. The first-order valence-corrected chi connectivity index (χ1v) is 17.2. The van der Waals surface area contributed by atoms with E-state index in [-0.39, 0.29) is 66.0 Å². The van der Waals surface area contributed by atoms with E-state index in [1.807, 2.05) is 0 Å². The molecule has 3 aromatic rings. The summed E-state index contributed by atoms with van der Waals surface area (Å²) in [7, 11) is -3.88. The second-order valence-electron chi connectivity index (χ2n) is 12.1. The fraction of sp³-hybridized carbons (Fsp3) is 0.516. The van der Waals surface area contributed by atoms with Crippen LogP contribution >= 0.6 is 0 Å². The molecule has 2 atom stereocenters. The fourth-order valence-corrected chi connectivity index (χ4v) is 8.03. The zero-order valence-electron chi connectivity index (χ0n) is 26.3. The first-order valence-electron chi connectivity index (χ1n) is 15.8. The standard InChI is InChI=1S/C31H36F3N7O6S/c1-2-46-29(42)21-4-3-6-30(17-21)7-9-40(20-30)27-16-26(37-25-15-23(5-8-36-25)47-31(32,33)34)38-28(39-27)22-14-24(19-35-18-22)48(43,44)41-10-12-45-13-11-41/h5,8,14-16,18-19,21H,2-4,6-7,9-13,17,20H2,1H3,(H,36,37,38,39). The number of aromatic nitrogens is 4. The molecule has 17 heteroatoms. The van der Waals surface area contributed by atoms with E-state index in [0.29, 0.717) is 37.5 Å². The van der Waals surface area contributed by atoms with Gasteiger partial charge in [0.1, 0.15) is 28.1 Å². The average Bonchev–Trinajstić information content (AvgIpc) is 3.47. The molecule has 5 heterocycles. The fourth-order valence-electron chi connectivity index (χ4n) is 6.63. The second kappa shape index (κ2) is 13.8. The number of nitrogens with one attached hydrogen (secondary N) is 1. The number of anilines is 3. The van der Waals surface area contributed by atoms with Gasteiger partial charge in [-0.3, -0.25) is 9.78 Å². The van der Waals surface area contributed by atoms with Crippen LogP contribution in [0.1, 0.15) is 39.0 Å². The minimum Gasteiger partial charge on any atom is -0.466 e. The number of carbonyl (C=O) groups is 1. The number of morpholine rings is 1. The van der Waals surface area contributed by atoms with Crippen molar-refractivity contribution in [2.24, 2.45) is 11.3 Å². The summed E-state index contributed by atoms with van der Waals surface area (Å²) in [5, 5.41) is 2.95. The smallest absolute Gasteiger partial charge is 0.466 e. The lowest BCUT2D eigenvalue weighted by Crippen LogP contribution is -2.40. The van der Waals surface area contributed by atoms with Gasteiger partial charge in [0.2, 0.25) is 10.0 Å².